The Morgan fingerprint density at radius 3 is 2.60 bits per heavy atom. The molecular weight excluding hydrogens is 384 g/mol. The van der Waals surface area contributed by atoms with Crippen LogP contribution in [0.25, 0.3) is 0 Å². The van der Waals surface area contributed by atoms with Crippen LogP contribution < -0.4 is 0 Å². The van der Waals surface area contributed by atoms with Gasteiger partial charge in [-0.1, -0.05) is 25.2 Å². The minimum Gasteiger partial charge on any atom is -0.460 e. The Morgan fingerprint density at radius 1 is 1.10 bits per heavy atom. The third-order valence-corrected chi connectivity index (χ3v) is 7.87. The summed E-state index contributed by atoms with van der Waals surface area (Å²) < 4.78 is 5.60. The molecular formula is C24H34O6. The van der Waals surface area contributed by atoms with Crippen molar-refractivity contribution in [3.05, 3.63) is 23.8 Å². The molecule has 2 fully saturated rings. The quantitative estimate of drug-likeness (QED) is 0.445. The number of rotatable bonds is 1. The minimum atomic E-state index is -0.783. The van der Waals surface area contributed by atoms with Gasteiger partial charge in [0, 0.05) is 11.8 Å². The van der Waals surface area contributed by atoms with Gasteiger partial charge in [-0.05, 0) is 68.3 Å². The van der Waals surface area contributed by atoms with E-state index in [4.69, 9.17) is 4.74 Å². The molecule has 4 aliphatic rings. The topological polar surface area (TPSA) is 104 Å². The first-order chi connectivity index (χ1) is 14.3. The summed E-state index contributed by atoms with van der Waals surface area (Å²) in [7, 11) is 0. The van der Waals surface area contributed by atoms with Crippen LogP contribution in [0.1, 0.15) is 52.4 Å². The van der Waals surface area contributed by atoms with Crippen LogP contribution in [-0.4, -0.2) is 51.5 Å². The molecule has 3 aliphatic carbocycles. The number of ketones is 1. The second kappa shape index (κ2) is 8.56. The normalized spacial score (nSPS) is 45.4. The number of esters is 1. The fourth-order valence-electron chi connectivity index (χ4n) is 6.12. The number of carbonyl (C=O) groups is 2. The van der Waals surface area contributed by atoms with Gasteiger partial charge in [0.15, 0.2) is 5.78 Å². The molecule has 4 rings (SSSR count). The molecule has 1 saturated heterocycles. The molecule has 6 heteroatoms. The molecule has 1 heterocycles. The standard InChI is InChI=1S/C24H34O6/c1-12-21(27)4-3-5-22(13(2)25)30-23(28)11-19-16-7-6-14-8-15(26)9-17(14)18(16)10-20(19)24(12)29/h6-7,10,12-19,21-22,25-27H,3-5,8-9,11H2,1-2H3. The van der Waals surface area contributed by atoms with Crippen molar-refractivity contribution in [2.75, 3.05) is 0 Å². The zero-order valence-corrected chi connectivity index (χ0v) is 17.8. The Morgan fingerprint density at radius 2 is 1.87 bits per heavy atom. The Labute approximate surface area is 178 Å². The molecule has 0 spiro atoms. The fraction of sp³-hybridized carbons (Fsp3) is 0.750. The molecule has 0 amide bonds. The van der Waals surface area contributed by atoms with Crippen molar-refractivity contribution >= 4 is 11.8 Å². The van der Waals surface area contributed by atoms with Gasteiger partial charge in [-0.25, -0.2) is 0 Å². The van der Waals surface area contributed by atoms with E-state index in [-0.39, 0.29) is 47.9 Å². The molecule has 1 aliphatic heterocycles. The Balaban J connectivity index is 1.65. The predicted molar refractivity (Wildman–Crippen MR) is 110 cm³/mol. The molecule has 0 aromatic heterocycles. The van der Waals surface area contributed by atoms with E-state index < -0.39 is 24.2 Å². The van der Waals surface area contributed by atoms with Crippen molar-refractivity contribution < 1.29 is 29.6 Å². The Bertz CT molecular complexity index is 740. The van der Waals surface area contributed by atoms with Crippen LogP contribution in [0, 0.1) is 35.5 Å². The second-order valence-corrected chi connectivity index (χ2v) is 9.85. The van der Waals surface area contributed by atoms with E-state index in [0.717, 1.165) is 6.42 Å². The maximum atomic E-state index is 13.3. The molecule has 0 bridgehead atoms. The number of carbonyl (C=O) groups excluding carboxylic acids is 2. The number of aliphatic hydroxyl groups is 3. The van der Waals surface area contributed by atoms with Crippen LogP contribution in [0.4, 0.5) is 0 Å². The van der Waals surface area contributed by atoms with Crippen molar-refractivity contribution in [2.45, 2.75) is 76.8 Å². The average Bonchev–Trinajstić information content (AvgIpc) is 3.24. The second-order valence-electron chi connectivity index (χ2n) is 9.85. The van der Waals surface area contributed by atoms with Crippen LogP contribution in [0.5, 0.6) is 0 Å². The number of cyclic esters (lactones) is 1. The lowest BCUT2D eigenvalue weighted by atomic mass is 9.70. The largest absolute Gasteiger partial charge is 0.460 e. The van der Waals surface area contributed by atoms with Crippen LogP contribution >= 0.6 is 0 Å². The van der Waals surface area contributed by atoms with Gasteiger partial charge in [-0.15, -0.1) is 0 Å². The maximum absolute atomic E-state index is 13.3. The molecule has 1 saturated carbocycles. The van der Waals surface area contributed by atoms with E-state index in [9.17, 15) is 24.9 Å². The molecule has 30 heavy (non-hydrogen) atoms. The number of hydrogen-bond donors (Lipinski definition) is 3. The van der Waals surface area contributed by atoms with E-state index >= 15 is 0 Å². The van der Waals surface area contributed by atoms with Gasteiger partial charge in [-0.2, -0.15) is 0 Å². The molecule has 6 nitrogen and oxygen atoms in total. The summed E-state index contributed by atoms with van der Waals surface area (Å²) in [6.45, 7) is 3.37. The molecule has 3 N–H and O–H groups in total. The lowest BCUT2D eigenvalue weighted by Crippen LogP contribution is -2.35. The van der Waals surface area contributed by atoms with Gasteiger partial charge in [0.2, 0.25) is 0 Å². The highest BCUT2D eigenvalue weighted by Gasteiger charge is 2.49. The van der Waals surface area contributed by atoms with Crippen molar-refractivity contribution in [2.24, 2.45) is 35.5 Å². The number of ether oxygens (including phenoxy) is 1. The predicted octanol–water partition coefficient (Wildman–Crippen LogP) is 2.16. The Kier molecular flexibility index (Phi) is 6.20. The highest BCUT2D eigenvalue weighted by Crippen LogP contribution is 2.53. The van der Waals surface area contributed by atoms with E-state index in [1.807, 2.05) is 6.08 Å². The summed E-state index contributed by atoms with van der Waals surface area (Å²) in [5.41, 5.74) is 0.634. The summed E-state index contributed by atoms with van der Waals surface area (Å²) in [5, 5.41) is 30.8. The molecule has 166 valence electrons. The molecule has 10 atom stereocenters. The zero-order chi connectivity index (χ0) is 21.6. The van der Waals surface area contributed by atoms with Gasteiger partial charge in [0.25, 0.3) is 0 Å². The molecule has 0 aromatic rings. The molecule has 0 aromatic carbocycles. The minimum absolute atomic E-state index is 0.0281. The van der Waals surface area contributed by atoms with E-state index in [1.54, 1.807) is 13.8 Å². The number of fused-ring (bicyclic) bond motifs is 5. The smallest absolute Gasteiger partial charge is 0.306 e. The lowest BCUT2D eigenvalue weighted by molar-refractivity contribution is -0.156. The van der Waals surface area contributed by atoms with Gasteiger partial charge in [0.1, 0.15) is 6.10 Å². The van der Waals surface area contributed by atoms with Crippen LogP contribution in [0.3, 0.4) is 0 Å². The van der Waals surface area contributed by atoms with Crippen LogP contribution in [0.15, 0.2) is 23.8 Å². The van der Waals surface area contributed by atoms with Crippen molar-refractivity contribution in [3.63, 3.8) is 0 Å². The van der Waals surface area contributed by atoms with Crippen molar-refractivity contribution in [3.8, 4) is 0 Å². The summed E-state index contributed by atoms with van der Waals surface area (Å²) >= 11 is 0. The first-order valence-electron chi connectivity index (χ1n) is 11.4. The molecule has 0 radical (unpaired) electrons. The summed E-state index contributed by atoms with van der Waals surface area (Å²) in [4.78, 5) is 26.1. The SMILES string of the molecule is CC(O)C1CCCC(O)C(C)C(=O)C2=CC3C(C=CC4CC(O)CC43)C2CC(=O)O1. The number of aliphatic hydroxyl groups excluding tert-OH is 3. The van der Waals surface area contributed by atoms with Gasteiger partial charge in [0.05, 0.1) is 24.7 Å². The van der Waals surface area contributed by atoms with Crippen molar-refractivity contribution in [1.82, 2.24) is 0 Å². The Hall–Kier alpha value is -1.50. The lowest BCUT2D eigenvalue weighted by Gasteiger charge is -2.34. The van der Waals surface area contributed by atoms with E-state index in [1.165, 1.54) is 0 Å². The van der Waals surface area contributed by atoms with Crippen molar-refractivity contribution in [1.29, 1.82) is 0 Å². The first-order valence-corrected chi connectivity index (χ1v) is 11.4. The van der Waals surface area contributed by atoms with E-state index in [2.05, 4.69) is 12.2 Å². The van der Waals surface area contributed by atoms with E-state index in [0.29, 0.717) is 37.2 Å². The summed E-state index contributed by atoms with van der Waals surface area (Å²) in [6.07, 6.45) is 6.86. The fourth-order valence-corrected chi connectivity index (χ4v) is 6.12. The summed E-state index contributed by atoms with van der Waals surface area (Å²) in [6, 6.07) is 0. The summed E-state index contributed by atoms with van der Waals surface area (Å²) in [5.74, 6) is -0.547. The highest BCUT2D eigenvalue weighted by atomic mass is 16.6. The van der Waals surface area contributed by atoms with Gasteiger partial charge < -0.3 is 20.1 Å². The van der Waals surface area contributed by atoms with Gasteiger partial charge in [-0.3, -0.25) is 9.59 Å². The van der Waals surface area contributed by atoms with Crippen LogP contribution in [-0.2, 0) is 14.3 Å². The highest BCUT2D eigenvalue weighted by molar-refractivity contribution is 5.99. The first kappa shape index (κ1) is 21.7. The average molecular weight is 419 g/mol. The number of hydrogen-bond acceptors (Lipinski definition) is 6. The number of Topliss-reactive ketones (excluding diaryl/α,β-unsaturated/α-hetero) is 1. The maximum Gasteiger partial charge on any atom is 0.306 e. The third-order valence-electron chi connectivity index (χ3n) is 7.87. The number of allylic oxidation sites excluding steroid dienone is 4. The van der Waals surface area contributed by atoms with Crippen LogP contribution in [0.2, 0.25) is 0 Å². The molecule has 10 unspecified atom stereocenters. The van der Waals surface area contributed by atoms with Gasteiger partial charge >= 0.3 is 5.97 Å². The zero-order valence-electron chi connectivity index (χ0n) is 17.8. The third kappa shape index (κ3) is 4.02. The monoisotopic (exact) mass is 418 g/mol.